The Hall–Kier alpha value is -5.36. The van der Waals surface area contributed by atoms with Gasteiger partial charge in [0.15, 0.2) is 11.5 Å². The number of Topliss-reactive ketones (excluding diaryl/α,β-unsaturated/α-hetero) is 1. The minimum Gasteiger partial charge on any atom is -0.507 e. The van der Waals surface area contributed by atoms with Gasteiger partial charge in [0.2, 0.25) is 5.78 Å². The number of phenols is 2. The van der Waals surface area contributed by atoms with Crippen LogP contribution in [0.2, 0.25) is 0 Å². The van der Waals surface area contributed by atoms with Crippen LogP contribution in [0.1, 0.15) is 49.7 Å². The van der Waals surface area contributed by atoms with Gasteiger partial charge in [0.05, 0.1) is 17.0 Å². The van der Waals surface area contributed by atoms with Gasteiger partial charge in [-0.15, -0.1) is 0 Å². The van der Waals surface area contributed by atoms with Gasteiger partial charge in [0.25, 0.3) is 0 Å². The second kappa shape index (κ2) is 11.6. The van der Waals surface area contributed by atoms with Gasteiger partial charge in [-0.25, -0.2) is 0 Å². The van der Waals surface area contributed by atoms with Crippen molar-refractivity contribution in [3.05, 3.63) is 154 Å². The summed E-state index contributed by atoms with van der Waals surface area (Å²) >= 11 is 0. The second-order valence-electron chi connectivity index (χ2n) is 10.2. The van der Waals surface area contributed by atoms with Gasteiger partial charge in [-0.3, -0.25) is 9.59 Å². The van der Waals surface area contributed by atoms with Crippen molar-refractivity contribution in [2.45, 2.75) is 25.6 Å². The number of ketones is 2. The van der Waals surface area contributed by atoms with Crippen molar-refractivity contribution in [1.29, 1.82) is 0 Å². The summed E-state index contributed by atoms with van der Waals surface area (Å²) in [6.07, 6.45) is 0.0315. The molecular weight excluding hydrogens is 528 g/mol. The Morgan fingerprint density at radius 2 is 1.12 bits per heavy atom. The summed E-state index contributed by atoms with van der Waals surface area (Å²) < 4.78 is 12.3. The first-order valence-corrected chi connectivity index (χ1v) is 13.7. The van der Waals surface area contributed by atoms with Crippen molar-refractivity contribution >= 4 is 11.6 Å². The molecule has 5 aromatic carbocycles. The van der Waals surface area contributed by atoms with Gasteiger partial charge in [0.1, 0.15) is 30.5 Å². The molecule has 0 fully saturated rings. The van der Waals surface area contributed by atoms with Crippen LogP contribution >= 0.6 is 0 Å². The molecule has 208 valence electrons. The maximum Gasteiger partial charge on any atom is 0.201 e. The van der Waals surface area contributed by atoms with Crippen molar-refractivity contribution in [2.75, 3.05) is 0 Å². The van der Waals surface area contributed by atoms with Crippen molar-refractivity contribution < 1.29 is 29.3 Å². The largest absolute Gasteiger partial charge is 0.507 e. The van der Waals surface area contributed by atoms with Crippen LogP contribution in [-0.4, -0.2) is 21.8 Å². The zero-order chi connectivity index (χ0) is 29.1. The summed E-state index contributed by atoms with van der Waals surface area (Å²) in [4.78, 5) is 27.2. The van der Waals surface area contributed by atoms with Crippen LogP contribution in [0, 0.1) is 0 Å². The molecule has 0 aromatic heterocycles. The molecule has 0 amide bonds. The molecule has 1 aliphatic rings. The molecule has 6 rings (SSSR count). The number of fused-ring (bicyclic) bond motifs is 2. The van der Waals surface area contributed by atoms with Gasteiger partial charge < -0.3 is 19.7 Å². The number of hydrogen-bond donors (Lipinski definition) is 2. The Morgan fingerprint density at radius 3 is 1.67 bits per heavy atom. The van der Waals surface area contributed by atoms with Crippen molar-refractivity contribution in [3.63, 3.8) is 0 Å². The summed E-state index contributed by atoms with van der Waals surface area (Å²) in [7, 11) is 0. The highest BCUT2D eigenvalue weighted by Gasteiger charge is 2.38. The topological polar surface area (TPSA) is 93.1 Å². The molecule has 0 radical (unpaired) electrons. The molecule has 0 spiro atoms. The first-order valence-electron chi connectivity index (χ1n) is 13.7. The highest BCUT2D eigenvalue weighted by molar-refractivity contribution is 6.18. The Balaban J connectivity index is 1.31. The minimum atomic E-state index is -0.838. The molecule has 1 aliphatic carbocycles. The minimum absolute atomic E-state index is 0.0315. The van der Waals surface area contributed by atoms with Gasteiger partial charge in [-0.2, -0.15) is 0 Å². The highest BCUT2D eigenvalue weighted by atomic mass is 16.5. The van der Waals surface area contributed by atoms with Gasteiger partial charge in [-0.05, 0) is 52.1 Å². The molecule has 0 atom stereocenters. The number of carbonyl (C=O) groups is 2. The number of carbonyl (C=O) groups excluding carboxylic acids is 2. The van der Waals surface area contributed by atoms with Crippen LogP contribution in [-0.2, 0) is 24.4 Å². The van der Waals surface area contributed by atoms with Gasteiger partial charge in [-0.1, -0.05) is 91.0 Å². The molecule has 2 N–H and O–H groups in total. The summed E-state index contributed by atoms with van der Waals surface area (Å²) in [5.74, 6) is -0.907. The van der Waals surface area contributed by atoms with Crippen LogP contribution in [0.4, 0.5) is 0 Å². The van der Waals surface area contributed by atoms with Crippen molar-refractivity contribution in [1.82, 2.24) is 0 Å². The molecule has 5 aromatic rings. The Labute approximate surface area is 243 Å². The number of hydrogen-bond acceptors (Lipinski definition) is 6. The Bertz CT molecular complexity index is 1710. The third kappa shape index (κ3) is 5.34. The van der Waals surface area contributed by atoms with E-state index in [1.54, 1.807) is 30.3 Å². The smallest absolute Gasteiger partial charge is 0.201 e. The molecule has 0 saturated carbocycles. The van der Waals surface area contributed by atoms with Crippen LogP contribution in [0.5, 0.6) is 23.0 Å². The molecule has 6 heteroatoms. The molecule has 0 heterocycles. The average molecular weight is 557 g/mol. The highest BCUT2D eigenvalue weighted by Crippen LogP contribution is 2.44. The number of ether oxygens (including phenoxy) is 2. The Kier molecular flexibility index (Phi) is 7.43. The molecule has 0 unspecified atom stereocenters. The average Bonchev–Trinajstić information content (AvgIpc) is 3.00. The maximum absolute atomic E-state index is 14.0. The number of rotatable bonds is 9. The molecule has 6 nitrogen and oxygen atoms in total. The molecule has 0 saturated heterocycles. The lowest BCUT2D eigenvalue weighted by Gasteiger charge is -2.27. The molecule has 0 bridgehead atoms. The summed E-state index contributed by atoms with van der Waals surface area (Å²) in [5.41, 5.74) is 3.64. The lowest BCUT2D eigenvalue weighted by Crippen LogP contribution is -2.26. The zero-order valence-electron chi connectivity index (χ0n) is 22.7. The van der Waals surface area contributed by atoms with Crippen LogP contribution in [0.3, 0.4) is 0 Å². The van der Waals surface area contributed by atoms with E-state index in [0.29, 0.717) is 41.4 Å². The normalized spacial score (nSPS) is 12.3. The van der Waals surface area contributed by atoms with Crippen LogP contribution in [0.15, 0.2) is 115 Å². The quantitative estimate of drug-likeness (QED) is 0.209. The second-order valence-corrected chi connectivity index (χ2v) is 10.2. The SMILES string of the molecule is O=C1c2c(O)cccc2C(C(=O)Cc2ccc(OCc3ccccc3)c(OCc3ccccc3)c2)c2cccc(O)c21. The number of benzene rings is 5. The fourth-order valence-corrected chi connectivity index (χ4v) is 5.40. The standard InChI is InChI=1S/C36H28O6/c37-28-15-7-13-26-33(27-14-8-16-29(38)35(27)36(40)34(26)28)30(39)19-25-17-18-31(41-21-23-9-3-1-4-10-23)32(20-25)42-22-24-11-5-2-6-12-24/h1-18,20,33,37-38H,19,21-22H2. The van der Waals surface area contributed by atoms with Gasteiger partial charge >= 0.3 is 0 Å². The van der Waals surface area contributed by atoms with E-state index < -0.39 is 11.7 Å². The summed E-state index contributed by atoms with van der Waals surface area (Å²) in [5, 5.41) is 21.1. The van der Waals surface area contributed by atoms with E-state index in [1.807, 2.05) is 72.8 Å². The maximum atomic E-state index is 14.0. The van der Waals surface area contributed by atoms with E-state index in [-0.39, 0.29) is 34.8 Å². The van der Waals surface area contributed by atoms with Crippen LogP contribution in [0.25, 0.3) is 0 Å². The van der Waals surface area contributed by atoms with E-state index in [2.05, 4.69) is 0 Å². The van der Waals surface area contributed by atoms with E-state index in [1.165, 1.54) is 12.1 Å². The summed E-state index contributed by atoms with van der Waals surface area (Å²) in [6.45, 7) is 0.682. The summed E-state index contributed by atoms with van der Waals surface area (Å²) in [6, 6.07) is 34.4. The van der Waals surface area contributed by atoms with E-state index in [9.17, 15) is 19.8 Å². The van der Waals surface area contributed by atoms with Gasteiger partial charge in [0, 0.05) is 6.42 Å². The predicted octanol–water partition coefficient (Wildman–Crippen LogP) is 6.74. The number of aromatic hydroxyl groups is 2. The van der Waals surface area contributed by atoms with Crippen molar-refractivity contribution in [3.8, 4) is 23.0 Å². The lowest BCUT2D eigenvalue weighted by atomic mass is 9.74. The van der Waals surface area contributed by atoms with Crippen molar-refractivity contribution in [2.24, 2.45) is 0 Å². The van der Waals surface area contributed by atoms with Crippen LogP contribution < -0.4 is 9.47 Å². The van der Waals surface area contributed by atoms with E-state index in [4.69, 9.17) is 9.47 Å². The fourth-order valence-electron chi connectivity index (χ4n) is 5.40. The van der Waals surface area contributed by atoms with E-state index in [0.717, 1.165) is 11.1 Å². The first kappa shape index (κ1) is 26.8. The predicted molar refractivity (Wildman–Crippen MR) is 158 cm³/mol. The lowest BCUT2D eigenvalue weighted by molar-refractivity contribution is -0.119. The molecular formula is C36H28O6. The fraction of sp³-hybridized carbons (Fsp3) is 0.111. The van der Waals surface area contributed by atoms with E-state index >= 15 is 0 Å². The molecule has 42 heavy (non-hydrogen) atoms. The monoisotopic (exact) mass is 556 g/mol. The third-order valence-corrected chi connectivity index (χ3v) is 7.41. The third-order valence-electron chi connectivity index (χ3n) is 7.41. The zero-order valence-corrected chi connectivity index (χ0v) is 22.7. The first-order chi connectivity index (χ1) is 20.5. The number of phenolic OH excluding ortho intramolecular Hbond substituents is 2. The Morgan fingerprint density at radius 1 is 0.595 bits per heavy atom. The molecule has 0 aliphatic heterocycles.